The van der Waals surface area contributed by atoms with E-state index in [-0.39, 0.29) is 11.7 Å². The summed E-state index contributed by atoms with van der Waals surface area (Å²) in [6, 6.07) is 23.0. The zero-order valence-corrected chi connectivity index (χ0v) is 26.3. The van der Waals surface area contributed by atoms with Crippen LogP contribution < -0.4 is 10.2 Å². The largest absolute Gasteiger partial charge is 0.489 e. The quantitative estimate of drug-likeness (QED) is 0.204. The zero-order valence-electron chi connectivity index (χ0n) is 24.0. The molecule has 2 N–H and O–H groups in total. The minimum atomic E-state index is -3.66. The second kappa shape index (κ2) is 14.9. The van der Waals surface area contributed by atoms with Crippen LogP contribution in [0.2, 0.25) is 10.0 Å². The van der Waals surface area contributed by atoms with Crippen LogP contribution >= 0.6 is 23.2 Å². The maximum absolute atomic E-state index is 13.3. The van der Waals surface area contributed by atoms with Gasteiger partial charge < -0.3 is 4.74 Å². The van der Waals surface area contributed by atoms with Crippen molar-refractivity contribution >= 4 is 39.2 Å². The highest BCUT2D eigenvalue weighted by Crippen LogP contribution is 2.33. The number of rotatable bonds is 8. The molecule has 1 aliphatic heterocycles. The number of nitrogens with zero attached hydrogens (tertiary/aromatic N) is 3. The summed E-state index contributed by atoms with van der Waals surface area (Å²) in [6.07, 6.45) is 3.32. The lowest BCUT2D eigenvalue weighted by Gasteiger charge is -2.26. The second-order valence-electron chi connectivity index (χ2n) is 9.96. The van der Waals surface area contributed by atoms with Crippen LogP contribution in [0.5, 0.6) is 5.75 Å². The number of piperidine rings is 1. The van der Waals surface area contributed by atoms with E-state index >= 15 is 0 Å². The molecule has 43 heavy (non-hydrogen) atoms. The first-order chi connectivity index (χ1) is 20.6. The van der Waals surface area contributed by atoms with Gasteiger partial charge in [0.15, 0.2) is 5.69 Å². The molecule has 0 unspecified atom stereocenters. The lowest BCUT2D eigenvalue weighted by atomic mass is 10.2. The summed E-state index contributed by atoms with van der Waals surface area (Å²) in [7, 11) is -3.66. The Hall–Kier alpha value is -3.41. The Balaban J connectivity index is 0.000000641. The fraction of sp³-hybridized carbons (Fsp3) is 0.290. The average Bonchev–Trinajstić information content (AvgIpc) is 3.34. The van der Waals surface area contributed by atoms with Crippen molar-refractivity contribution in [2.45, 2.75) is 39.7 Å². The first-order valence-electron chi connectivity index (χ1n) is 13.9. The maximum atomic E-state index is 13.3. The van der Waals surface area contributed by atoms with Crippen molar-refractivity contribution in [1.29, 1.82) is 0 Å². The highest BCUT2D eigenvalue weighted by atomic mass is 35.5. The summed E-state index contributed by atoms with van der Waals surface area (Å²) in [5.74, 6) is 0.889. The Labute approximate surface area is 262 Å². The number of benzene rings is 3. The van der Waals surface area contributed by atoms with E-state index in [0.29, 0.717) is 39.4 Å². The molecular formula is C31H34Cl2N4O5S. The number of ether oxygens (including phenoxy) is 1. The van der Waals surface area contributed by atoms with Crippen molar-refractivity contribution in [3.8, 4) is 22.8 Å². The van der Waals surface area contributed by atoms with Gasteiger partial charge in [0.05, 0.1) is 16.5 Å². The highest BCUT2D eigenvalue weighted by Gasteiger charge is 2.24. The van der Waals surface area contributed by atoms with Crippen LogP contribution in [0.1, 0.15) is 47.9 Å². The van der Waals surface area contributed by atoms with Gasteiger partial charge in [-0.05, 0) is 74.7 Å². The number of amides is 1. The van der Waals surface area contributed by atoms with Gasteiger partial charge in [-0.3, -0.25) is 19.3 Å². The molecule has 3 aromatic carbocycles. The fourth-order valence-corrected chi connectivity index (χ4v) is 5.01. The summed E-state index contributed by atoms with van der Waals surface area (Å²) in [6.45, 7) is 5.43. The minimum Gasteiger partial charge on any atom is -0.489 e. The van der Waals surface area contributed by atoms with Gasteiger partial charge in [-0.15, -0.1) is 0 Å². The Morgan fingerprint density at radius 3 is 2.26 bits per heavy atom. The Kier molecular flexibility index (Phi) is 11.2. The molecule has 9 nitrogen and oxygen atoms in total. The monoisotopic (exact) mass is 644 g/mol. The number of carbonyl (C=O) groups excluding carboxylic acids is 1. The van der Waals surface area contributed by atoms with Crippen LogP contribution in [0.3, 0.4) is 0 Å². The summed E-state index contributed by atoms with van der Waals surface area (Å²) >= 11 is 12.7. The molecule has 0 atom stereocenters. The topological polar surface area (TPSA) is 114 Å². The Morgan fingerprint density at radius 1 is 1.00 bits per heavy atom. The molecule has 1 aromatic heterocycles. The lowest BCUT2D eigenvalue weighted by Crippen LogP contribution is -2.45. The van der Waals surface area contributed by atoms with Gasteiger partial charge in [0.25, 0.3) is 16.0 Å². The number of hydrazine groups is 1. The van der Waals surface area contributed by atoms with Crippen molar-refractivity contribution in [1.82, 2.24) is 20.0 Å². The Bertz CT molecular complexity index is 1640. The SMILES string of the molecule is CCS(=O)(=O)O.Cc1c(C(=O)NN2CCCCC2)nc(-c2ccc(Cl)cc2Cl)n1-c1ccc(OCc2ccccc2)cc1. The van der Waals surface area contributed by atoms with Crippen LogP contribution in [0, 0.1) is 6.92 Å². The number of halogens is 2. The van der Waals surface area contributed by atoms with Crippen LogP contribution in [-0.2, 0) is 16.7 Å². The van der Waals surface area contributed by atoms with Crippen molar-refractivity contribution in [3.63, 3.8) is 0 Å². The number of carbonyl (C=O) groups is 1. The molecule has 1 amide bonds. The Morgan fingerprint density at radius 2 is 1.65 bits per heavy atom. The molecule has 1 aliphatic rings. The summed E-state index contributed by atoms with van der Waals surface area (Å²) in [4.78, 5) is 18.0. The van der Waals surface area contributed by atoms with Gasteiger partial charge in [-0.2, -0.15) is 8.42 Å². The van der Waals surface area contributed by atoms with Gasteiger partial charge in [-0.25, -0.2) is 9.99 Å². The molecule has 1 saturated heterocycles. The third-order valence-corrected chi connectivity index (χ3v) is 8.10. The van der Waals surface area contributed by atoms with Gasteiger partial charge in [0, 0.05) is 29.4 Å². The lowest BCUT2D eigenvalue weighted by molar-refractivity contribution is 0.0744. The number of imidazole rings is 1. The molecule has 2 heterocycles. The number of aromatic nitrogens is 2. The number of nitrogens with one attached hydrogen (secondary N) is 1. The van der Waals surface area contributed by atoms with E-state index in [4.69, 9.17) is 37.5 Å². The number of hydrogen-bond acceptors (Lipinski definition) is 6. The zero-order chi connectivity index (χ0) is 31.0. The van der Waals surface area contributed by atoms with Crippen molar-refractivity contribution < 1.29 is 22.5 Å². The van der Waals surface area contributed by atoms with Gasteiger partial charge in [0.1, 0.15) is 18.2 Å². The van der Waals surface area contributed by atoms with Crippen LogP contribution in [-0.4, -0.2) is 52.3 Å². The predicted molar refractivity (Wildman–Crippen MR) is 170 cm³/mol. The highest BCUT2D eigenvalue weighted by molar-refractivity contribution is 7.85. The molecule has 12 heteroatoms. The normalized spacial score (nSPS) is 13.6. The van der Waals surface area contributed by atoms with E-state index in [1.165, 1.54) is 13.3 Å². The van der Waals surface area contributed by atoms with Crippen LogP contribution in [0.4, 0.5) is 0 Å². The third kappa shape index (κ3) is 9.04. The second-order valence-corrected chi connectivity index (χ2v) is 12.5. The number of hydrogen-bond donors (Lipinski definition) is 2. The van der Waals surface area contributed by atoms with Crippen molar-refractivity contribution in [2.75, 3.05) is 18.8 Å². The summed E-state index contributed by atoms with van der Waals surface area (Å²) < 4.78 is 34.8. The minimum absolute atomic E-state index is 0.201. The van der Waals surface area contributed by atoms with E-state index in [0.717, 1.165) is 42.9 Å². The standard InChI is InChI=1S/C29H28Cl2N4O2.C2H6O3S/c1-20-27(29(36)33-34-16-6-3-7-17-34)32-28(25-15-10-22(30)18-26(25)31)35(20)23-11-13-24(14-12-23)37-19-21-8-4-2-5-9-21;1-2-6(3,4)5/h2,4-5,8-15,18H,3,6-7,16-17,19H2,1H3,(H,33,36);2H2,1H3,(H,3,4,5). The van der Waals surface area contributed by atoms with Crippen LogP contribution in [0.15, 0.2) is 72.8 Å². The molecule has 0 spiro atoms. The molecule has 0 saturated carbocycles. The van der Waals surface area contributed by atoms with Crippen LogP contribution in [0.25, 0.3) is 17.1 Å². The van der Waals surface area contributed by atoms with Crippen molar-refractivity contribution in [3.05, 3.63) is 99.8 Å². The molecule has 1 fully saturated rings. The first-order valence-corrected chi connectivity index (χ1v) is 16.2. The molecule has 0 bridgehead atoms. The molecule has 228 valence electrons. The van der Waals surface area contributed by atoms with Gasteiger partial charge in [-0.1, -0.05) is 60.0 Å². The van der Waals surface area contributed by atoms with Gasteiger partial charge in [0.2, 0.25) is 0 Å². The van der Waals surface area contributed by atoms with E-state index in [1.54, 1.807) is 12.1 Å². The first kappa shape index (κ1) is 32.5. The van der Waals surface area contributed by atoms with E-state index in [2.05, 4.69) is 5.43 Å². The fourth-order valence-electron chi connectivity index (χ4n) is 4.52. The molecular weight excluding hydrogens is 611 g/mol. The third-order valence-electron chi connectivity index (χ3n) is 6.82. The summed E-state index contributed by atoms with van der Waals surface area (Å²) in [5, 5.41) is 2.97. The molecule has 0 aliphatic carbocycles. The molecule has 4 aromatic rings. The maximum Gasteiger partial charge on any atom is 0.286 e. The van der Waals surface area contributed by atoms with E-state index < -0.39 is 10.1 Å². The van der Waals surface area contributed by atoms with Crippen molar-refractivity contribution in [2.24, 2.45) is 0 Å². The smallest absolute Gasteiger partial charge is 0.286 e. The average molecular weight is 646 g/mol. The predicted octanol–water partition coefficient (Wildman–Crippen LogP) is 6.76. The van der Waals surface area contributed by atoms with Gasteiger partial charge >= 0.3 is 0 Å². The van der Waals surface area contributed by atoms with E-state index in [1.807, 2.05) is 77.2 Å². The molecule has 0 radical (unpaired) electrons. The van der Waals surface area contributed by atoms with E-state index in [9.17, 15) is 13.2 Å². The molecule has 5 rings (SSSR count). The summed E-state index contributed by atoms with van der Waals surface area (Å²) in [5.41, 5.74) is 6.73.